The van der Waals surface area contributed by atoms with Gasteiger partial charge in [-0.05, 0) is 58.1 Å². The molecule has 1 aromatic rings. The summed E-state index contributed by atoms with van der Waals surface area (Å²) in [6.07, 6.45) is 4.49. The van der Waals surface area contributed by atoms with Gasteiger partial charge in [-0.1, -0.05) is 12.8 Å². The molecule has 1 heterocycles. The van der Waals surface area contributed by atoms with Crippen LogP contribution < -0.4 is 14.2 Å². The van der Waals surface area contributed by atoms with E-state index in [-0.39, 0.29) is 17.9 Å². The molecule has 1 N–H and O–H groups in total. The first-order valence-electron chi connectivity index (χ1n) is 10.6. The highest BCUT2D eigenvalue weighted by Gasteiger charge is 2.47. The highest BCUT2D eigenvalue weighted by atomic mass is 16.5. The highest BCUT2D eigenvalue weighted by Crippen LogP contribution is 2.43. The Kier molecular flexibility index (Phi) is 6.87. The number of carboxylic acid groups (broad SMARTS) is 1. The molecule has 0 radical (unpaired) electrons. The summed E-state index contributed by atoms with van der Waals surface area (Å²) >= 11 is 0. The summed E-state index contributed by atoms with van der Waals surface area (Å²) in [6, 6.07) is 2.49. The third-order valence-corrected chi connectivity index (χ3v) is 5.76. The van der Waals surface area contributed by atoms with Crippen LogP contribution in [0.4, 0.5) is 0 Å². The molecule has 0 aromatic heterocycles. The zero-order chi connectivity index (χ0) is 21.0. The van der Waals surface area contributed by atoms with E-state index in [2.05, 4.69) is 0 Å². The monoisotopic (exact) mass is 405 g/mol. The van der Waals surface area contributed by atoms with Crippen molar-refractivity contribution in [3.05, 3.63) is 17.7 Å². The van der Waals surface area contributed by atoms with Gasteiger partial charge in [0.2, 0.25) is 5.75 Å². The van der Waals surface area contributed by atoms with Crippen LogP contribution in [-0.2, 0) is 4.79 Å². The van der Waals surface area contributed by atoms with E-state index in [4.69, 9.17) is 14.2 Å². The molecule has 1 saturated heterocycles. The van der Waals surface area contributed by atoms with Crippen LogP contribution >= 0.6 is 0 Å². The second-order valence-electron chi connectivity index (χ2n) is 7.51. The van der Waals surface area contributed by atoms with Crippen molar-refractivity contribution in [2.24, 2.45) is 5.92 Å². The third-order valence-electron chi connectivity index (χ3n) is 5.76. The van der Waals surface area contributed by atoms with Gasteiger partial charge in [0.25, 0.3) is 5.91 Å². The van der Waals surface area contributed by atoms with E-state index in [1.807, 2.05) is 20.8 Å². The summed E-state index contributed by atoms with van der Waals surface area (Å²) in [5, 5.41) is 9.75. The van der Waals surface area contributed by atoms with E-state index < -0.39 is 12.0 Å². The quantitative estimate of drug-likeness (QED) is 0.709. The zero-order valence-electron chi connectivity index (χ0n) is 17.5. The molecule has 3 rings (SSSR count). The molecule has 2 fully saturated rings. The van der Waals surface area contributed by atoms with E-state index in [0.717, 1.165) is 25.7 Å². The van der Waals surface area contributed by atoms with E-state index in [1.165, 1.54) is 0 Å². The molecule has 0 bridgehead atoms. The number of carbonyl (C=O) groups excluding carboxylic acids is 1. The average Bonchev–Trinajstić information content (AvgIpc) is 3.10. The molecular weight excluding hydrogens is 374 g/mol. The molecule has 160 valence electrons. The standard InChI is InChI=1S/C22H31NO6/c1-4-27-18-12-15(13-19(28-5-2)20(18)29-6-3)21(24)23-16-10-8-7-9-14(16)11-17(23)22(25)26/h12-14,16-17H,4-11H2,1-3H3,(H,25,26). The molecule has 29 heavy (non-hydrogen) atoms. The number of hydrogen-bond acceptors (Lipinski definition) is 5. The Morgan fingerprint density at radius 1 is 1.00 bits per heavy atom. The lowest BCUT2D eigenvalue weighted by Crippen LogP contribution is -2.46. The van der Waals surface area contributed by atoms with Crippen LogP contribution in [0.3, 0.4) is 0 Å². The fourth-order valence-corrected chi connectivity index (χ4v) is 4.63. The Morgan fingerprint density at radius 2 is 1.59 bits per heavy atom. The molecule has 3 unspecified atom stereocenters. The lowest BCUT2D eigenvalue weighted by molar-refractivity contribution is -0.141. The van der Waals surface area contributed by atoms with Crippen LogP contribution in [0.15, 0.2) is 12.1 Å². The molecule has 7 heteroatoms. The number of carbonyl (C=O) groups is 2. The van der Waals surface area contributed by atoms with Gasteiger partial charge in [-0.15, -0.1) is 0 Å². The Balaban J connectivity index is 2.01. The lowest BCUT2D eigenvalue weighted by atomic mass is 9.84. The van der Waals surface area contributed by atoms with Gasteiger partial charge in [-0.2, -0.15) is 0 Å². The van der Waals surface area contributed by atoms with Crippen molar-refractivity contribution < 1.29 is 28.9 Å². The SMILES string of the molecule is CCOc1cc(C(=O)N2C(C(=O)O)CC3CCCCC32)cc(OCC)c1OCC. The van der Waals surface area contributed by atoms with Gasteiger partial charge in [0, 0.05) is 11.6 Å². The summed E-state index contributed by atoms with van der Waals surface area (Å²) in [5.41, 5.74) is 0.373. The molecular formula is C22H31NO6. The first-order chi connectivity index (χ1) is 14.0. The van der Waals surface area contributed by atoms with Crippen molar-refractivity contribution in [2.75, 3.05) is 19.8 Å². The number of likely N-dealkylation sites (tertiary alicyclic amines) is 1. The Labute approximate surface area is 171 Å². The van der Waals surface area contributed by atoms with Gasteiger partial charge in [-0.3, -0.25) is 4.79 Å². The molecule has 1 aliphatic heterocycles. The largest absolute Gasteiger partial charge is 0.490 e. The van der Waals surface area contributed by atoms with Gasteiger partial charge in [0.05, 0.1) is 19.8 Å². The van der Waals surface area contributed by atoms with Gasteiger partial charge in [0.1, 0.15) is 6.04 Å². The average molecular weight is 405 g/mol. The molecule has 1 amide bonds. The molecule has 1 saturated carbocycles. The maximum absolute atomic E-state index is 13.5. The summed E-state index contributed by atoms with van der Waals surface area (Å²) in [4.78, 5) is 27.0. The van der Waals surface area contributed by atoms with Gasteiger partial charge >= 0.3 is 5.97 Å². The summed E-state index contributed by atoms with van der Waals surface area (Å²) < 4.78 is 17.1. The first-order valence-corrected chi connectivity index (χ1v) is 10.6. The van der Waals surface area contributed by atoms with E-state index in [1.54, 1.807) is 17.0 Å². The minimum absolute atomic E-state index is 0.0185. The maximum Gasteiger partial charge on any atom is 0.326 e. The number of amides is 1. The van der Waals surface area contributed by atoms with Crippen LogP contribution in [0, 0.1) is 5.92 Å². The Morgan fingerprint density at radius 3 is 2.14 bits per heavy atom. The predicted molar refractivity (Wildman–Crippen MR) is 108 cm³/mol. The van der Waals surface area contributed by atoms with Crippen LogP contribution in [-0.4, -0.2) is 53.8 Å². The van der Waals surface area contributed by atoms with Crippen LogP contribution in [0.1, 0.15) is 63.2 Å². The summed E-state index contributed by atoms with van der Waals surface area (Å²) in [7, 11) is 0. The summed E-state index contributed by atoms with van der Waals surface area (Å²) in [5.74, 6) is 0.393. The second-order valence-corrected chi connectivity index (χ2v) is 7.51. The number of aliphatic carboxylic acids is 1. The van der Waals surface area contributed by atoms with Crippen molar-refractivity contribution in [3.8, 4) is 17.2 Å². The van der Waals surface area contributed by atoms with Crippen LogP contribution in [0.25, 0.3) is 0 Å². The number of ether oxygens (including phenoxy) is 3. The zero-order valence-corrected chi connectivity index (χ0v) is 17.5. The van der Waals surface area contributed by atoms with Crippen molar-refractivity contribution in [1.29, 1.82) is 0 Å². The predicted octanol–water partition coefficient (Wildman–Crippen LogP) is 3.74. The third kappa shape index (κ3) is 4.28. The minimum Gasteiger partial charge on any atom is -0.490 e. The number of hydrogen-bond donors (Lipinski definition) is 1. The fraction of sp³-hybridized carbons (Fsp3) is 0.636. The van der Waals surface area contributed by atoms with Gasteiger partial charge in [0.15, 0.2) is 11.5 Å². The Hall–Kier alpha value is -2.44. The molecule has 2 aliphatic rings. The van der Waals surface area contributed by atoms with E-state index >= 15 is 0 Å². The number of benzene rings is 1. The maximum atomic E-state index is 13.5. The van der Waals surface area contributed by atoms with Crippen molar-refractivity contribution in [2.45, 2.75) is 65.0 Å². The minimum atomic E-state index is -0.936. The molecule has 7 nitrogen and oxygen atoms in total. The normalized spacial score (nSPS) is 23.4. The highest BCUT2D eigenvalue weighted by molar-refractivity contribution is 5.98. The lowest BCUT2D eigenvalue weighted by Gasteiger charge is -2.33. The number of rotatable bonds is 8. The molecule has 1 aromatic carbocycles. The van der Waals surface area contributed by atoms with Crippen molar-refractivity contribution in [1.82, 2.24) is 4.90 Å². The molecule has 3 atom stereocenters. The molecule has 0 spiro atoms. The van der Waals surface area contributed by atoms with Crippen molar-refractivity contribution in [3.63, 3.8) is 0 Å². The number of nitrogens with zero attached hydrogens (tertiary/aromatic N) is 1. The fourth-order valence-electron chi connectivity index (χ4n) is 4.63. The topological polar surface area (TPSA) is 85.3 Å². The van der Waals surface area contributed by atoms with Gasteiger partial charge < -0.3 is 24.2 Å². The van der Waals surface area contributed by atoms with Crippen LogP contribution in [0.5, 0.6) is 17.2 Å². The number of carboxylic acids is 1. The Bertz CT molecular complexity index is 722. The summed E-state index contributed by atoms with van der Waals surface area (Å²) in [6.45, 7) is 6.85. The first kappa shape index (κ1) is 21.3. The van der Waals surface area contributed by atoms with E-state index in [0.29, 0.717) is 49.1 Å². The number of fused-ring (bicyclic) bond motifs is 1. The van der Waals surface area contributed by atoms with Crippen molar-refractivity contribution >= 4 is 11.9 Å². The molecule has 1 aliphatic carbocycles. The van der Waals surface area contributed by atoms with E-state index in [9.17, 15) is 14.7 Å². The smallest absolute Gasteiger partial charge is 0.326 e. The van der Waals surface area contributed by atoms with Crippen LogP contribution in [0.2, 0.25) is 0 Å². The van der Waals surface area contributed by atoms with Gasteiger partial charge in [-0.25, -0.2) is 4.79 Å². The second kappa shape index (κ2) is 9.37.